The monoisotopic (exact) mass is 248 g/mol. The van der Waals surface area contributed by atoms with Gasteiger partial charge in [-0.25, -0.2) is 0 Å². The van der Waals surface area contributed by atoms with Gasteiger partial charge in [-0.05, 0) is 18.4 Å². The number of hydrogen-bond acceptors (Lipinski definition) is 2. The molecule has 0 aliphatic heterocycles. The first-order valence-electron chi connectivity index (χ1n) is 7.31. The Labute approximate surface area is 110 Å². The number of nitrogens with zero attached hydrogens (tertiary/aromatic N) is 2. The zero-order chi connectivity index (χ0) is 12.8. The molecule has 0 unspecified atom stereocenters. The Morgan fingerprint density at radius 3 is 2.67 bits per heavy atom. The van der Waals surface area contributed by atoms with Crippen molar-refractivity contribution in [3.63, 3.8) is 0 Å². The van der Waals surface area contributed by atoms with Crippen molar-refractivity contribution in [2.75, 3.05) is 0 Å². The SMILES string of the molecule is CCn1cc(CC(=O)CC2CCCCCC2)cn1. The van der Waals surface area contributed by atoms with Gasteiger partial charge >= 0.3 is 0 Å². The fourth-order valence-corrected chi connectivity index (χ4v) is 2.86. The minimum absolute atomic E-state index is 0.387. The van der Waals surface area contributed by atoms with Gasteiger partial charge in [-0.15, -0.1) is 0 Å². The second-order valence-corrected chi connectivity index (χ2v) is 5.48. The maximum Gasteiger partial charge on any atom is 0.137 e. The number of Topliss-reactive ketones (excluding diaryl/α,β-unsaturated/α-hetero) is 1. The standard InChI is InChI=1S/C15H24N2O/c1-2-17-12-14(11-16-17)10-15(18)9-13-7-5-3-4-6-8-13/h11-13H,2-10H2,1H3. The van der Waals surface area contributed by atoms with E-state index in [9.17, 15) is 4.79 Å². The highest BCUT2D eigenvalue weighted by Gasteiger charge is 2.16. The molecular formula is C15H24N2O. The van der Waals surface area contributed by atoms with Crippen LogP contribution in [-0.2, 0) is 17.8 Å². The molecule has 0 bridgehead atoms. The zero-order valence-corrected chi connectivity index (χ0v) is 11.4. The molecule has 100 valence electrons. The minimum Gasteiger partial charge on any atom is -0.299 e. The number of carbonyl (C=O) groups is 1. The quantitative estimate of drug-likeness (QED) is 0.749. The highest BCUT2D eigenvalue weighted by Crippen LogP contribution is 2.25. The van der Waals surface area contributed by atoms with Gasteiger partial charge < -0.3 is 0 Å². The molecule has 0 spiro atoms. The van der Waals surface area contributed by atoms with Crippen molar-refractivity contribution < 1.29 is 4.79 Å². The molecule has 1 aliphatic rings. The van der Waals surface area contributed by atoms with E-state index in [0.29, 0.717) is 18.1 Å². The number of rotatable bonds is 5. The van der Waals surface area contributed by atoms with E-state index in [1.165, 1.54) is 38.5 Å². The third-order valence-corrected chi connectivity index (χ3v) is 3.90. The Kier molecular flexibility index (Phi) is 4.97. The van der Waals surface area contributed by atoms with E-state index in [2.05, 4.69) is 12.0 Å². The number of carbonyl (C=O) groups excluding carboxylic acids is 1. The zero-order valence-electron chi connectivity index (χ0n) is 11.4. The summed E-state index contributed by atoms with van der Waals surface area (Å²) in [7, 11) is 0. The number of aromatic nitrogens is 2. The van der Waals surface area contributed by atoms with Crippen molar-refractivity contribution in [2.45, 2.75) is 64.8 Å². The van der Waals surface area contributed by atoms with E-state index >= 15 is 0 Å². The molecule has 2 rings (SSSR count). The Hall–Kier alpha value is -1.12. The van der Waals surface area contributed by atoms with Crippen molar-refractivity contribution in [1.29, 1.82) is 0 Å². The molecule has 1 aliphatic carbocycles. The molecule has 3 nitrogen and oxygen atoms in total. The molecule has 0 aromatic carbocycles. The van der Waals surface area contributed by atoms with Crippen LogP contribution in [0.15, 0.2) is 12.4 Å². The molecule has 0 radical (unpaired) electrons. The van der Waals surface area contributed by atoms with Crippen molar-refractivity contribution in [3.8, 4) is 0 Å². The van der Waals surface area contributed by atoms with E-state index in [-0.39, 0.29) is 0 Å². The lowest BCUT2D eigenvalue weighted by molar-refractivity contribution is -0.119. The Balaban J connectivity index is 1.80. The molecule has 0 atom stereocenters. The average molecular weight is 248 g/mol. The van der Waals surface area contributed by atoms with Crippen LogP contribution in [0.2, 0.25) is 0 Å². The third kappa shape index (κ3) is 3.97. The van der Waals surface area contributed by atoms with Gasteiger partial charge in [-0.3, -0.25) is 9.48 Å². The predicted octanol–water partition coefficient (Wildman–Crippen LogP) is 3.38. The van der Waals surface area contributed by atoms with Crippen molar-refractivity contribution in [1.82, 2.24) is 9.78 Å². The average Bonchev–Trinajstić information content (AvgIpc) is 2.65. The van der Waals surface area contributed by atoms with E-state index in [0.717, 1.165) is 18.5 Å². The highest BCUT2D eigenvalue weighted by molar-refractivity contribution is 5.80. The van der Waals surface area contributed by atoms with Gasteiger partial charge in [0, 0.05) is 25.6 Å². The van der Waals surface area contributed by atoms with Crippen molar-refractivity contribution in [2.24, 2.45) is 5.92 Å². The fraction of sp³-hybridized carbons (Fsp3) is 0.733. The normalized spacial score (nSPS) is 17.6. The number of hydrogen-bond donors (Lipinski definition) is 0. The lowest BCUT2D eigenvalue weighted by Crippen LogP contribution is -2.10. The molecule has 1 aromatic rings. The van der Waals surface area contributed by atoms with Crippen LogP contribution in [0.4, 0.5) is 0 Å². The van der Waals surface area contributed by atoms with Crippen molar-refractivity contribution in [3.05, 3.63) is 18.0 Å². The predicted molar refractivity (Wildman–Crippen MR) is 72.4 cm³/mol. The van der Waals surface area contributed by atoms with E-state index < -0.39 is 0 Å². The van der Waals surface area contributed by atoms with Crippen molar-refractivity contribution >= 4 is 5.78 Å². The summed E-state index contributed by atoms with van der Waals surface area (Å²) in [6.45, 7) is 2.93. The molecule has 3 heteroatoms. The molecule has 1 saturated carbocycles. The summed E-state index contributed by atoms with van der Waals surface area (Å²) in [6.07, 6.45) is 13.0. The smallest absolute Gasteiger partial charge is 0.137 e. The van der Waals surface area contributed by atoms with Gasteiger partial charge in [0.15, 0.2) is 0 Å². The second kappa shape index (κ2) is 6.72. The third-order valence-electron chi connectivity index (χ3n) is 3.90. The molecule has 0 saturated heterocycles. The van der Waals surface area contributed by atoms with Gasteiger partial charge in [0.25, 0.3) is 0 Å². The number of ketones is 1. The molecule has 18 heavy (non-hydrogen) atoms. The van der Waals surface area contributed by atoms with Gasteiger partial charge in [-0.1, -0.05) is 38.5 Å². The van der Waals surface area contributed by atoms with Crippen LogP contribution in [0.25, 0.3) is 0 Å². The van der Waals surface area contributed by atoms with Gasteiger partial charge in [0.1, 0.15) is 5.78 Å². The topological polar surface area (TPSA) is 34.9 Å². The van der Waals surface area contributed by atoms with E-state index in [4.69, 9.17) is 0 Å². The summed E-state index contributed by atoms with van der Waals surface area (Å²) in [5.41, 5.74) is 1.07. The lowest BCUT2D eigenvalue weighted by Gasteiger charge is -2.12. The number of aryl methyl sites for hydroxylation is 1. The highest BCUT2D eigenvalue weighted by atomic mass is 16.1. The Morgan fingerprint density at radius 1 is 1.33 bits per heavy atom. The summed E-state index contributed by atoms with van der Waals surface area (Å²) in [5, 5.41) is 4.21. The molecular weight excluding hydrogens is 224 g/mol. The van der Waals surface area contributed by atoms with Crippen LogP contribution < -0.4 is 0 Å². The molecule has 0 amide bonds. The largest absolute Gasteiger partial charge is 0.299 e. The summed E-state index contributed by atoms with van der Waals surface area (Å²) in [6, 6.07) is 0. The van der Waals surface area contributed by atoms with Crippen LogP contribution in [0.1, 0.15) is 57.4 Å². The lowest BCUT2D eigenvalue weighted by atomic mass is 9.93. The minimum atomic E-state index is 0.387. The first-order valence-corrected chi connectivity index (χ1v) is 7.31. The fourth-order valence-electron chi connectivity index (χ4n) is 2.86. The van der Waals surface area contributed by atoms with Gasteiger partial charge in [0.2, 0.25) is 0 Å². The maximum atomic E-state index is 12.1. The van der Waals surface area contributed by atoms with E-state index in [1.807, 2.05) is 17.1 Å². The Bertz CT molecular complexity index is 376. The molecule has 1 heterocycles. The van der Waals surface area contributed by atoms with Crippen LogP contribution in [0.3, 0.4) is 0 Å². The van der Waals surface area contributed by atoms with E-state index in [1.54, 1.807) is 0 Å². The summed E-state index contributed by atoms with van der Waals surface area (Å²) in [4.78, 5) is 12.1. The van der Waals surface area contributed by atoms with Crippen LogP contribution >= 0.6 is 0 Å². The van der Waals surface area contributed by atoms with Gasteiger partial charge in [0.05, 0.1) is 6.20 Å². The Morgan fingerprint density at radius 2 is 2.06 bits per heavy atom. The van der Waals surface area contributed by atoms with Crippen LogP contribution in [-0.4, -0.2) is 15.6 Å². The second-order valence-electron chi connectivity index (χ2n) is 5.48. The van der Waals surface area contributed by atoms with Crippen LogP contribution in [0.5, 0.6) is 0 Å². The maximum absolute atomic E-state index is 12.1. The van der Waals surface area contributed by atoms with Gasteiger partial charge in [-0.2, -0.15) is 5.10 Å². The first-order chi connectivity index (χ1) is 8.78. The first kappa shape index (κ1) is 13.3. The summed E-state index contributed by atoms with van der Waals surface area (Å²) >= 11 is 0. The van der Waals surface area contributed by atoms with Crippen LogP contribution in [0, 0.1) is 5.92 Å². The molecule has 1 aromatic heterocycles. The summed E-state index contributed by atoms with van der Waals surface area (Å²) < 4.78 is 1.88. The molecule has 0 N–H and O–H groups in total. The molecule has 1 fully saturated rings. The summed E-state index contributed by atoms with van der Waals surface area (Å²) in [5.74, 6) is 1.03.